The van der Waals surface area contributed by atoms with E-state index in [0.29, 0.717) is 48.1 Å². The van der Waals surface area contributed by atoms with E-state index in [1.165, 1.54) is 11.3 Å². The summed E-state index contributed by atoms with van der Waals surface area (Å²) in [6.07, 6.45) is -4.33. The van der Waals surface area contributed by atoms with Gasteiger partial charge in [-0.05, 0) is 36.6 Å². The molecular formula is C24H22ClF4N5O2S. The number of amides is 1. The maximum absolute atomic E-state index is 13.2. The number of carbonyl (C=O) groups is 1. The van der Waals surface area contributed by atoms with Gasteiger partial charge in [0.1, 0.15) is 23.6 Å². The monoisotopic (exact) mass is 555 g/mol. The van der Waals surface area contributed by atoms with Crippen molar-refractivity contribution in [3.8, 4) is 0 Å². The number of alkyl halides is 4. The van der Waals surface area contributed by atoms with Gasteiger partial charge in [-0.25, -0.2) is 22.5 Å². The lowest BCUT2D eigenvalue weighted by molar-refractivity contribution is -0.133. The standard InChI is InChI=1S/C24H22ClF4N5O2S/c25-15-3-1-2-14(8-15)20-10-16(32-36-20)18-12-37-24(30-18)13-4-6-33(7-5-13)21(35)11-34-19(23(28)29)9-17(31-34)22(26)27/h1-3,8-9,12-13,20,22-23H,4-7,10-11H2. The van der Waals surface area contributed by atoms with E-state index in [1.807, 2.05) is 23.6 Å². The number of oxime groups is 1. The van der Waals surface area contributed by atoms with Gasteiger partial charge in [0, 0.05) is 35.8 Å². The molecule has 1 amide bonds. The van der Waals surface area contributed by atoms with Crippen molar-refractivity contribution in [2.45, 2.75) is 50.7 Å². The van der Waals surface area contributed by atoms with Crippen molar-refractivity contribution >= 4 is 34.6 Å². The van der Waals surface area contributed by atoms with Crippen molar-refractivity contribution in [3.63, 3.8) is 0 Å². The highest BCUT2D eigenvalue weighted by Gasteiger charge is 2.30. The van der Waals surface area contributed by atoms with Gasteiger partial charge in [-0.1, -0.05) is 28.9 Å². The molecule has 5 rings (SSSR count). The molecule has 0 N–H and O–H groups in total. The summed E-state index contributed by atoms with van der Waals surface area (Å²) >= 11 is 7.60. The molecule has 2 aromatic heterocycles. The Morgan fingerprint density at radius 2 is 1.95 bits per heavy atom. The maximum atomic E-state index is 13.2. The van der Waals surface area contributed by atoms with Gasteiger partial charge in [-0.2, -0.15) is 5.10 Å². The predicted molar refractivity (Wildman–Crippen MR) is 129 cm³/mol. The van der Waals surface area contributed by atoms with E-state index in [-0.39, 0.29) is 12.0 Å². The first kappa shape index (κ1) is 25.7. The first-order chi connectivity index (χ1) is 17.8. The first-order valence-corrected chi connectivity index (χ1v) is 12.9. The fraction of sp³-hybridized carbons (Fsp3) is 0.417. The second-order valence-electron chi connectivity index (χ2n) is 8.87. The zero-order valence-corrected chi connectivity index (χ0v) is 20.9. The summed E-state index contributed by atoms with van der Waals surface area (Å²) in [6, 6.07) is 8.10. The molecule has 1 fully saturated rings. The average molecular weight is 556 g/mol. The molecule has 196 valence electrons. The van der Waals surface area contributed by atoms with Crippen molar-refractivity contribution in [1.82, 2.24) is 19.7 Å². The lowest BCUT2D eigenvalue weighted by Crippen LogP contribution is -2.40. The second kappa shape index (κ2) is 10.8. The molecule has 0 aliphatic carbocycles. The molecule has 2 aliphatic rings. The van der Waals surface area contributed by atoms with Crippen LogP contribution in [-0.2, 0) is 16.2 Å². The Labute approximate surface area is 218 Å². The van der Waals surface area contributed by atoms with Crippen LogP contribution >= 0.6 is 22.9 Å². The quantitative estimate of drug-likeness (QED) is 0.328. The molecule has 1 unspecified atom stereocenters. The van der Waals surface area contributed by atoms with E-state index in [9.17, 15) is 22.4 Å². The number of hydrogen-bond acceptors (Lipinski definition) is 6. The molecule has 3 aromatic rings. The largest absolute Gasteiger partial charge is 0.387 e. The van der Waals surface area contributed by atoms with Gasteiger partial charge in [0.25, 0.3) is 12.9 Å². The van der Waals surface area contributed by atoms with E-state index in [2.05, 4.69) is 10.3 Å². The van der Waals surface area contributed by atoms with Crippen LogP contribution in [0, 0.1) is 0 Å². The van der Waals surface area contributed by atoms with Gasteiger partial charge in [-0.15, -0.1) is 11.3 Å². The van der Waals surface area contributed by atoms with Crippen LogP contribution in [0.5, 0.6) is 0 Å². The Morgan fingerprint density at radius 1 is 1.16 bits per heavy atom. The minimum Gasteiger partial charge on any atom is -0.387 e. The Bertz CT molecular complexity index is 1310. The SMILES string of the molecule is O=C(Cn1nc(C(F)F)cc1C(F)F)N1CCC(c2nc(C3=NOC(c4cccc(Cl)c4)C3)cs2)CC1. The highest BCUT2D eigenvalue weighted by atomic mass is 35.5. The number of piperidine rings is 1. The number of thiazole rings is 1. The number of benzene rings is 1. The molecule has 1 saturated heterocycles. The fourth-order valence-corrected chi connectivity index (χ4v) is 5.69. The number of likely N-dealkylation sites (tertiary alicyclic amines) is 1. The Kier molecular flexibility index (Phi) is 7.47. The smallest absolute Gasteiger partial charge is 0.282 e. The summed E-state index contributed by atoms with van der Waals surface area (Å²) in [5.41, 5.74) is 1.01. The fourth-order valence-electron chi connectivity index (χ4n) is 4.49. The maximum Gasteiger partial charge on any atom is 0.282 e. The van der Waals surface area contributed by atoms with Crippen molar-refractivity contribution in [1.29, 1.82) is 0 Å². The van der Waals surface area contributed by atoms with Gasteiger partial charge >= 0.3 is 0 Å². The van der Waals surface area contributed by atoms with Crippen LogP contribution in [0.1, 0.15) is 71.8 Å². The number of hydrogen-bond donors (Lipinski definition) is 0. The first-order valence-electron chi connectivity index (χ1n) is 11.6. The highest BCUT2D eigenvalue weighted by Crippen LogP contribution is 2.34. The summed E-state index contributed by atoms with van der Waals surface area (Å²) in [6.45, 7) is 0.310. The van der Waals surface area contributed by atoms with Gasteiger partial charge in [0.05, 0.1) is 10.7 Å². The van der Waals surface area contributed by atoms with Gasteiger partial charge in [-0.3, -0.25) is 9.48 Å². The van der Waals surface area contributed by atoms with E-state index < -0.39 is 36.7 Å². The Balaban J connectivity index is 1.16. The van der Waals surface area contributed by atoms with Gasteiger partial charge in [0.15, 0.2) is 6.10 Å². The topological polar surface area (TPSA) is 72.6 Å². The Hall–Kier alpha value is -2.99. The molecule has 0 radical (unpaired) electrons. The summed E-state index contributed by atoms with van der Waals surface area (Å²) < 4.78 is 52.9. The van der Waals surface area contributed by atoms with E-state index in [4.69, 9.17) is 21.4 Å². The van der Waals surface area contributed by atoms with Crippen LogP contribution in [-0.4, -0.2) is 44.4 Å². The third-order valence-corrected chi connectivity index (χ3v) is 7.71. The van der Waals surface area contributed by atoms with Crippen molar-refractivity contribution in [2.75, 3.05) is 13.1 Å². The summed E-state index contributed by atoms with van der Waals surface area (Å²) in [4.78, 5) is 24.6. The molecule has 37 heavy (non-hydrogen) atoms. The number of aromatic nitrogens is 3. The van der Waals surface area contributed by atoms with Crippen LogP contribution in [0.25, 0.3) is 0 Å². The third-order valence-electron chi connectivity index (χ3n) is 6.47. The predicted octanol–water partition coefficient (Wildman–Crippen LogP) is 6.14. The van der Waals surface area contributed by atoms with Crippen LogP contribution in [0.2, 0.25) is 5.02 Å². The van der Waals surface area contributed by atoms with E-state index in [0.717, 1.165) is 22.0 Å². The zero-order valence-electron chi connectivity index (χ0n) is 19.4. The molecule has 1 atom stereocenters. The minimum atomic E-state index is -3.01. The van der Waals surface area contributed by atoms with Crippen LogP contribution in [0.15, 0.2) is 40.9 Å². The average Bonchev–Trinajstić information content (AvgIpc) is 3.63. The molecular weight excluding hydrogens is 534 g/mol. The van der Waals surface area contributed by atoms with E-state index >= 15 is 0 Å². The number of nitrogens with zero attached hydrogens (tertiary/aromatic N) is 5. The van der Waals surface area contributed by atoms with Crippen LogP contribution in [0.3, 0.4) is 0 Å². The molecule has 13 heteroatoms. The number of rotatable bonds is 7. The zero-order chi connectivity index (χ0) is 26.1. The molecule has 4 heterocycles. The summed E-state index contributed by atoms with van der Waals surface area (Å²) in [7, 11) is 0. The Morgan fingerprint density at radius 3 is 2.65 bits per heavy atom. The minimum absolute atomic E-state index is 0.140. The number of carbonyl (C=O) groups excluding carboxylic acids is 1. The van der Waals surface area contributed by atoms with Gasteiger partial charge in [0.2, 0.25) is 5.91 Å². The van der Waals surface area contributed by atoms with Crippen molar-refractivity contribution in [2.24, 2.45) is 5.16 Å². The molecule has 0 bridgehead atoms. The molecule has 1 aromatic carbocycles. The third kappa shape index (κ3) is 5.64. The van der Waals surface area contributed by atoms with Crippen LogP contribution < -0.4 is 0 Å². The molecule has 0 spiro atoms. The normalized spacial score (nSPS) is 18.5. The lowest BCUT2D eigenvalue weighted by atomic mass is 9.97. The molecule has 7 nitrogen and oxygen atoms in total. The van der Waals surface area contributed by atoms with Crippen molar-refractivity contribution in [3.05, 3.63) is 68.4 Å². The molecule has 0 saturated carbocycles. The molecule has 2 aliphatic heterocycles. The second-order valence-corrected chi connectivity index (χ2v) is 10.2. The number of halogens is 5. The summed E-state index contributed by atoms with van der Waals surface area (Å²) in [5.74, 6) is -0.296. The van der Waals surface area contributed by atoms with Crippen LogP contribution in [0.4, 0.5) is 17.6 Å². The highest BCUT2D eigenvalue weighted by molar-refractivity contribution is 7.10. The van der Waals surface area contributed by atoms with E-state index in [1.54, 1.807) is 11.0 Å². The lowest BCUT2D eigenvalue weighted by Gasteiger charge is -2.31. The summed E-state index contributed by atoms with van der Waals surface area (Å²) in [5, 5.41) is 11.2. The van der Waals surface area contributed by atoms with Crippen molar-refractivity contribution < 1.29 is 27.2 Å². The van der Waals surface area contributed by atoms with Gasteiger partial charge < -0.3 is 9.74 Å².